The maximum Gasteiger partial charge on any atom is 0.216 e. The Morgan fingerprint density at radius 2 is 2.07 bits per heavy atom. The highest BCUT2D eigenvalue weighted by atomic mass is 127. The molecule has 140 valence electrons. The summed E-state index contributed by atoms with van der Waals surface area (Å²) in [5, 5.41) is 21.3. The van der Waals surface area contributed by atoms with Gasteiger partial charge in [0.2, 0.25) is 4.77 Å². The quantitative estimate of drug-likeness (QED) is 0.167. The molecule has 27 heavy (non-hydrogen) atoms. The highest BCUT2D eigenvalue weighted by Gasteiger charge is 2.09. The number of hydrogen-bond donors (Lipinski definition) is 3. The molecule has 0 unspecified atom stereocenters. The van der Waals surface area contributed by atoms with Gasteiger partial charge in [0.15, 0.2) is 5.82 Å². The van der Waals surface area contributed by atoms with E-state index in [-0.39, 0.29) is 5.75 Å². The fourth-order valence-electron chi connectivity index (χ4n) is 2.29. The van der Waals surface area contributed by atoms with Crippen LogP contribution in [0.4, 0.5) is 0 Å². The standard InChI is InChI=1S/C17H15I2N5O2S/c1-2-26-13-5-3-10(4-6-13)16-21-22-17(27)24(16)23-20-9-11-7-12(18)8-14(19)15(11)25/h3-9,23,25H,2H2,1H3,(H,22,27)/b20-9-. The van der Waals surface area contributed by atoms with Crippen LogP contribution in [0.1, 0.15) is 12.5 Å². The van der Waals surface area contributed by atoms with Crippen LogP contribution in [0.2, 0.25) is 0 Å². The number of aromatic hydroxyl groups is 1. The minimum absolute atomic E-state index is 0.184. The molecule has 0 fully saturated rings. The first-order valence-corrected chi connectivity index (χ1v) is 10.4. The van der Waals surface area contributed by atoms with E-state index in [1.54, 1.807) is 4.68 Å². The van der Waals surface area contributed by atoms with Gasteiger partial charge in [-0.3, -0.25) is 0 Å². The van der Waals surface area contributed by atoms with Crippen molar-refractivity contribution < 1.29 is 9.84 Å². The fourth-order valence-corrected chi connectivity index (χ4v) is 4.35. The number of halogens is 2. The Balaban J connectivity index is 1.84. The van der Waals surface area contributed by atoms with E-state index in [9.17, 15) is 5.11 Å². The summed E-state index contributed by atoms with van der Waals surface area (Å²) in [6.45, 7) is 2.55. The number of hydrazone groups is 1. The first kappa shape index (κ1) is 20.1. The highest BCUT2D eigenvalue weighted by Crippen LogP contribution is 2.25. The van der Waals surface area contributed by atoms with Crippen LogP contribution >= 0.6 is 57.4 Å². The number of hydrogen-bond acceptors (Lipinski definition) is 6. The number of aromatic amines is 1. The van der Waals surface area contributed by atoms with Crippen LogP contribution in [0.25, 0.3) is 11.4 Å². The molecule has 0 bridgehead atoms. The van der Waals surface area contributed by atoms with Gasteiger partial charge in [0.05, 0.1) is 16.4 Å². The number of phenols is 1. The third kappa shape index (κ3) is 4.79. The molecule has 3 rings (SSSR count). The normalized spacial score (nSPS) is 11.1. The molecule has 7 nitrogen and oxygen atoms in total. The monoisotopic (exact) mass is 607 g/mol. The lowest BCUT2D eigenvalue weighted by Gasteiger charge is -2.07. The summed E-state index contributed by atoms with van der Waals surface area (Å²) < 4.78 is 9.15. The Bertz CT molecular complexity index is 1030. The maximum absolute atomic E-state index is 10.1. The van der Waals surface area contributed by atoms with Crippen molar-refractivity contribution in [3.63, 3.8) is 0 Å². The van der Waals surface area contributed by atoms with Crippen LogP contribution in [-0.2, 0) is 0 Å². The van der Waals surface area contributed by atoms with Gasteiger partial charge in [-0.15, -0.1) is 0 Å². The second-order valence-corrected chi connectivity index (χ2v) is 8.12. The van der Waals surface area contributed by atoms with Gasteiger partial charge in [-0.2, -0.15) is 14.9 Å². The van der Waals surface area contributed by atoms with Gasteiger partial charge in [-0.25, -0.2) is 10.6 Å². The number of rotatable bonds is 6. The summed E-state index contributed by atoms with van der Waals surface area (Å²) in [5.74, 6) is 1.56. The number of aromatic nitrogens is 3. The molecule has 3 aromatic rings. The number of benzene rings is 2. The van der Waals surface area contributed by atoms with Crippen LogP contribution < -0.4 is 10.3 Å². The number of phenolic OH excluding ortho intramolecular Hbond substituents is 1. The Hall–Kier alpha value is -1.67. The molecule has 0 aliphatic carbocycles. The molecule has 0 spiro atoms. The summed E-state index contributed by atoms with van der Waals surface area (Å²) in [6, 6.07) is 11.3. The maximum atomic E-state index is 10.1. The SMILES string of the molecule is CCOc1ccc(-c2n[nH]c(=S)n2N/N=C\c2cc(I)cc(I)c2O)cc1. The highest BCUT2D eigenvalue weighted by molar-refractivity contribution is 14.1. The van der Waals surface area contributed by atoms with E-state index >= 15 is 0 Å². The zero-order valence-corrected chi connectivity index (χ0v) is 19.2. The molecule has 3 N–H and O–H groups in total. The summed E-state index contributed by atoms with van der Waals surface area (Å²) in [6.07, 6.45) is 1.54. The van der Waals surface area contributed by atoms with Gasteiger partial charge < -0.3 is 9.84 Å². The van der Waals surface area contributed by atoms with Crippen LogP contribution in [0.3, 0.4) is 0 Å². The van der Waals surface area contributed by atoms with E-state index in [2.05, 4.69) is 66.0 Å². The summed E-state index contributed by atoms with van der Waals surface area (Å²) in [7, 11) is 0. The van der Waals surface area contributed by atoms with E-state index in [0.29, 0.717) is 22.8 Å². The molecule has 1 heterocycles. The number of ether oxygens (including phenoxy) is 1. The average Bonchev–Trinajstić information content (AvgIpc) is 3.01. The second-order valence-electron chi connectivity index (χ2n) is 5.33. The predicted octanol–water partition coefficient (Wildman–Crippen LogP) is 4.50. The molecule has 0 aliphatic heterocycles. The van der Waals surface area contributed by atoms with Crippen molar-refractivity contribution in [3.8, 4) is 22.9 Å². The Morgan fingerprint density at radius 1 is 1.33 bits per heavy atom. The van der Waals surface area contributed by atoms with Crippen molar-refractivity contribution in [2.24, 2.45) is 5.10 Å². The molecule has 10 heteroatoms. The van der Waals surface area contributed by atoms with Crippen molar-refractivity contribution in [1.29, 1.82) is 0 Å². The largest absolute Gasteiger partial charge is 0.506 e. The molecule has 1 aromatic heterocycles. The third-order valence-electron chi connectivity index (χ3n) is 3.51. The molecular weight excluding hydrogens is 592 g/mol. The number of nitrogens with zero attached hydrogens (tertiary/aromatic N) is 3. The number of H-pyrrole nitrogens is 1. The van der Waals surface area contributed by atoms with E-state index in [0.717, 1.165) is 18.5 Å². The van der Waals surface area contributed by atoms with Crippen molar-refractivity contribution in [3.05, 3.63) is 53.9 Å². The van der Waals surface area contributed by atoms with Crippen molar-refractivity contribution in [1.82, 2.24) is 14.9 Å². The first-order valence-electron chi connectivity index (χ1n) is 7.87. The van der Waals surface area contributed by atoms with E-state index in [1.165, 1.54) is 6.21 Å². The topological polar surface area (TPSA) is 87.5 Å². The molecule has 0 saturated heterocycles. The molecule has 0 atom stereocenters. The molecule has 0 amide bonds. The summed E-state index contributed by atoms with van der Waals surface area (Å²) >= 11 is 9.54. The van der Waals surface area contributed by atoms with Gasteiger partial charge in [-0.05, 0) is 101 Å². The first-order chi connectivity index (χ1) is 13.0. The van der Waals surface area contributed by atoms with Crippen LogP contribution in [-0.4, -0.2) is 32.8 Å². The zero-order valence-electron chi connectivity index (χ0n) is 14.1. The summed E-state index contributed by atoms with van der Waals surface area (Å²) in [4.78, 5) is 0. The summed E-state index contributed by atoms with van der Waals surface area (Å²) in [5.41, 5.74) is 4.31. The Labute approximate surface area is 188 Å². The van der Waals surface area contributed by atoms with Gasteiger partial charge in [0.25, 0.3) is 0 Å². The molecule has 0 saturated carbocycles. The van der Waals surface area contributed by atoms with Crippen molar-refractivity contribution in [2.75, 3.05) is 12.1 Å². The molecule has 2 aromatic carbocycles. The minimum Gasteiger partial charge on any atom is -0.506 e. The number of nitrogens with one attached hydrogen (secondary N) is 2. The third-order valence-corrected chi connectivity index (χ3v) is 5.23. The molecule has 0 radical (unpaired) electrons. The lowest BCUT2D eigenvalue weighted by Crippen LogP contribution is -2.10. The smallest absolute Gasteiger partial charge is 0.216 e. The minimum atomic E-state index is 0.184. The van der Waals surface area contributed by atoms with Gasteiger partial charge >= 0.3 is 0 Å². The van der Waals surface area contributed by atoms with Crippen LogP contribution in [0.15, 0.2) is 41.5 Å². The van der Waals surface area contributed by atoms with Crippen molar-refractivity contribution >= 4 is 63.6 Å². The average molecular weight is 607 g/mol. The Morgan fingerprint density at radius 3 is 2.78 bits per heavy atom. The van der Waals surface area contributed by atoms with Crippen LogP contribution in [0.5, 0.6) is 11.5 Å². The van der Waals surface area contributed by atoms with Gasteiger partial charge in [0, 0.05) is 14.7 Å². The fraction of sp³-hybridized carbons (Fsp3) is 0.118. The lowest BCUT2D eigenvalue weighted by molar-refractivity contribution is 0.340. The lowest BCUT2D eigenvalue weighted by atomic mass is 10.2. The van der Waals surface area contributed by atoms with Crippen molar-refractivity contribution in [2.45, 2.75) is 6.92 Å². The van der Waals surface area contributed by atoms with Crippen LogP contribution in [0, 0.1) is 11.9 Å². The van der Waals surface area contributed by atoms with Gasteiger partial charge in [0.1, 0.15) is 11.5 Å². The Kier molecular flexibility index (Phi) is 6.70. The van der Waals surface area contributed by atoms with E-state index in [1.807, 2.05) is 43.3 Å². The molecular formula is C17H15I2N5O2S. The molecule has 0 aliphatic rings. The van der Waals surface area contributed by atoms with Gasteiger partial charge in [-0.1, -0.05) is 0 Å². The second kappa shape index (κ2) is 9.01. The zero-order chi connectivity index (χ0) is 19.4. The van der Waals surface area contributed by atoms with E-state index in [4.69, 9.17) is 17.0 Å². The van der Waals surface area contributed by atoms with E-state index < -0.39 is 0 Å². The predicted molar refractivity (Wildman–Crippen MR) is 125 cm³/mol.